The van der Waals surface area contributed by atoms with Crippen LogP contribution in [0.1, 0.15) is 26.7 Å². The summed E-state index contributed by atoms with van der Waals surface area (Å²) in [6, 6.07) is 0. The van der Waals surface area contributed by atoms with Gasteiger partial charge in [-0.15, -0.1) is 0 Å². The Morgan fingerprint density at radius 3 is 2.28 bits per heavy atom. The van der Waals surface area contributed by atoms with Crippen molar-refractivity contribution in [1.82, 2.24) is 0 Å². The molecule has 0 saturated heterocycles. The van der Waals surface area contributed by atoms with Crippen LogP contribution in [0.3, 0.4) is 0 Å². The Morgan fingerprint density at radius 1 is 1.22 bits per heavy atom. The maximum Gasteiger partial charge on any atom is 0.411 e. The number of carbonyl (C=O) groups is 2. The van der Waals surface area contributed by atoms with Gasteiger partial charge in [-0.05, 0) is 13.3 Å². The van der Waals surface area contributed by atoms with Crippen molar-refractivity contribution >= 4 is 11.8 Å². The van der Waals surface area contributed by atoms with Crippen LogP contribution in [0.15, 0.2) is 0 Å². The molecule has 0 saturated carbocycles. The number of Topliss-reactive ketones (excluding diaryl/α,β-unsaturated/α-hetero) is 1. The van der Waals surface area contributed by atoms with Crippen molar-refractivity contribution in [2.24, 2.45) is 5.92 Å². The van der Waals surface area contributed by atoms with Gasteiger partial charge < -0.3 is 9.47 Å². The lowest BCUT2D eigenvalue weighted by Crippen LogP contribution is -2.30. The summed E-state index contributed by atoms with van der Waals surface area (Å²) in [7, 11) is 0. The molecule has 1 atom stereocenters. The van der Waals surface area contributed by atoms with E-state index in [0.717, 1.165) is 0 Å². The summed E-state index contributed by atoms with van der Waals surface area (Å²) >= 11 is 0. The van der Waals surface area contributed by atoms with Crippen LogP contribution >= 0.6 is 0 Å². The molecule has 106 valence electrons. The zero-order valence-corrected chi connectivity index (χ0v) is 10.4. The normalized spacial score (nSPS) is 13.2. The number of esters is 1. The monoisotopic (exact) mass is 270 g/mol. The maximum atomic E-state index is 11.8. The van der Waals surface area contributed by atoms with Gasteiger partial charge in [-0.2, -0.15) is 13.2 Å². The molecule has 0 aliphatic rings. The Kier molecular flexibility index (Phi) is 7.58. The molecule has 0 aliphatic carbocycles. The third-order valence-corrected chi connectivity index (χ3v) is 2.05. The van der Waals surface area contributed by atoms with E-state index >= 15 is 0 Å². The minimum Gasteiger partial charge on any atom is -0.465 e. The number of hydrogen-bond donors (Lipinski definition) is 0. The summed E-state index contributed by atoms with van der Waals surface area (Å²) in [6.45, 7) is 1.24. The summed E-state index contributed by atoms with van der Waals surface area (Å²) in [5, 5.41) is 0. The van der Waals surface area contributed by atoms with Gasteiger partial charge in [-0.3, -0.25) is 9.59 Å². The Labute approximate surface area is 103 Å². The van der Waals surface area contributed by atoms with E-state index in [0.29, 0.717) is 6.42 Å². The zero-order valence-electron chi connectivity index (χ0n) is 10.4. The molecule has 0 fully saturated rings. The summed E-state index contributed by atoms with van der Waals surface area (Å²) < 4.78 is 44.3. The number of ether oxygens (including phenoxy) is 2. The van der Waals surface area contributed by atoms with Crippen LogP contribution in [0, 0.1) is 5.92 Å². The van der Waals surface area contributed by atoms with Crippen molar-refractivity contribution in [2.45, 2.75) is 32.9 Å². The van der Waals surface area contributed by atoms with E-state index < -0.39 is 37.1 Å². The summed E-state index contributed by atoms with van der Waals surface area (Å²) in [4.78, 5) is 23.0. The van der Waals surface area contributed by atoms with E-state index in [4.69, 9.17) is 0 Å². The molecule has 0 aromatic carbocycles. The van der Waals surface area contributed by atoms with Gasteiger partial charge in [-0.1, -0.05) is 13.3 Å². The van der Waals surface area contributed by atoms with E-state index in [1.807, 2.05) is 0 Å². The molecule has 0 N–H and O–H groups in total. The lowest BCUT2D eigenvalue weighted by atomic mass is 9.99. The molecule has 0 amide bonds. The van der Waals surface area contributed by atoms with Crippen molar-refractivity contribution in [3.8, 4) is 0 Å². The average molecular weight is 270 g/mol. The van der Waals surface area contributed by atoms with Gasteiger partial charge >= 0.3 is 12.1 Å². The molecule has 18 heavy (non-hydrogen) atoms. The summed E-state index contributed by atoms with van der Waals surface area (Å²) in [5.74, 6) is -2.43. The first-order valence-electron chi connectivity index (χ1n) is 5.65. The number of alkyl halides is 3. The van der Waals surface area contributed by atoms with Crippen molar-refractivity contribution in [1.29, 1.82) is 0 Å². The minimum atomic E-state index is -4.48. The molecule has 4 nitrogen and oxygen atoms in total. The second-order valence-electron chi connectivity index (χ2n) is 3.67. The van der Waals surface area contributed by atoms with E-state index in [9.17, 15) is 22.8 Å². The molecular formula is C11H17F3O4. The number of halogens is 3. The number of ketones is 1. The fraction of sp³-hybridized carbons (Fsp3) is 0.818. The standard InChI is InChI=1S/C11H17F3O4/c1-3-5-8(10(16)18-4-2)9(15)6-17-7-11(12,13)14/h8H,3-7H2,1-2H3. The summed E-state index contributed by atoms with van der Waals surface area (Å²) in [5.41, 5.74) is 0. The van der Waals surface area contributed by atoms with Gasteiger partial charge in [0, 0.05) is 0 Å². The first kappa shape index (κ1) is 16.9. The third-order valence-electron chi connectivity index (χ3n) is 2.05. The molecule has 0 heterocycles. The van der Waals surface area contributed by atoms with Crippen LogP contribution < -0.4 is 0 Å². The van der Waals surface area contributed by atoms with Crippen LogP contribution in [-0.4, -0.2) is 37.7 Å². The predicted octanol–water partition coefficient (Wildman–Crippen LogP) is 2.11. The molecule has 0 aliphatic heterocycles. The second kappa shape index (κ2) is 8.07. The highest BCUT2D eigenvalue weighted by Crippen LogP contribution is 2.15. The van der Waals surface area contributed by atoms with Crippen LogP contribution in [-0.2, 0) is 19.1 Å². The van der Waals surface area contributed by atoms with Crippen LogP contribution in [0.25, 0.3) is 0 Å². The second-order valence-corrected chi connectivity index (χ2v) is 3.67. The first-order valence-corrected chi connectivity index (χ1v) is 5.65. The van der Waals surface area contributed by atoms with Gasteiger partial charge in [0.1, 0.15) is 19.1 Å². The van der Waals surface area contributed by atoms with Crippen LogP contribution in [0.4, 0.5) is 13.2 Å². The molecule has 0 radical (unpaired) electrons. The smallest absolute Gasteiger partial charge is 0.411 e. The van der Waals surface area contributed by atoms with Crippen LogP contribution in [0.2, 0.25) is 0 Å². The Morgan fingerprint density at radius 2 is 1.83 bits per heavy atom. The average Bonchev–Trinajstić information content (AvgIpc) is 2.24. The van der Waals surface area contributed by atoms with E-state index in [2.05, 4.69) is 9.47 Å². The van der Waals surface area contributed by atoms with Crippen molar-refractivity contribution in [3.63, 3.8) is 0 Å². The SMILES string of the molecule is CCCC(C(=O)COCC(F)(F)F)C(=O)OCC. The highest BCUT2D eigenvalue weighted by molar-refractivity contribution is 5.99. The van der Waals surface area contributed by atoms with Crippen LogP contribution in [0.5, 0.6) is 0 Å². The topological polar surface area (TPSA) is 52.6 Å². The first-order chi connectivity index (χ1) is 8.31. The van der Waals surface area contributed by atoms with Gasteiger partial charge in [0.05, 0.1) is 6.61 Å². The lowest BCUT2D eigenvalue weighted by molar-refractivity contribution is -0.176. The van der Waals surface area contributed by atoms with Gasteiger partial charge in [0.2, 0.25) is 0 Å². The minimum absolute atomic E-state index is 0.121. The Bertz CT molecular complexity index is 276. The van der Waals surface area contributed by atoms with Crippen molar-refractivity contribution < 1.29 is 32.2 Å². The fourth-order valence-corrected chi connectivity index (χ4v) is 1.31. The lowest BCUT2D eigenvalue weighted by Gasteiger charge is -2.14. The van der Waals surface area contributed by atoms with E-state index in [1.54, 1.807) is 13.8 Å². The van der Waals surface area contributed by atoms with Gasteiger partial charge in [-0.25, -0.2) is 0 Å². The molecule has 0 aromatic heterocycles. The van der Waals surface area contributed by atoms with Gasteiger partial charge in [0.15, 0.2) is 5.78 Å². The quantitative estimate of drug-likeness (QED) is 0.500. The number of rotatable bonds is 8. The van der Waals surface area contributed by atoms with Crippen molar-refractivity contribution in [3.05, 3.63) is 0 Å². The number of carbonyl (C=O) groups excluding carboxylic acids is 2. The van der Waals surface area contributed by atoms with Gasteiger partial charge in [0.25, 0.3) is 0 Å². The summed E-state index contributed by atoms with van der Waals surface area (Å²) in [6.07, 6.45) is -3.69. The molecular weight excluding hydrogens is 253 g/mol. The zero-order chi connectivity index (χ0) is 14.2. The van der Waals surface area contributed by atoms with E-state index in [-0.39, 0.29) is 13.0 Å². The Hall–Kier alpha value is -1.11. The third kappa shape index (κ3) is 7.26. The molecule has 1 unspecified atom stereocenters. The maximum absolute atomic E-state index is 11.8. The molecule has 0 bridgehead atoms. The molecule has 0 rings (SSSR count). The highest BCUT2D eigenvalue weighted by Gasteiger charge is 2.30. The predicted molar refractivity (Wildman–Crippen MR) is 56.9 cm³/mol. The van der Waals surface area contributed by atoms with E-state index in [1.165, 1.54) is 0 Å². The molecule has 7 heteroatoms. The largest absolute Gasteiger partial charge is 0.465 e. The fourth-order valence-electron chi connectivity index (χ4n) is 1.31. The molecule has 0 spiro atoms. The highest BCUT2D eigenvalue weighted by atomic mass is 19.4. The number of hydrogen-bond acceptors (Lipinski definition) is 4. The van der Waals surface area contributed by atoms with Crippen molar-refractivity contribution in [2.75, 3.05) is 19.8 Å². The Balaban J connectivity index is 4.26. The molecule has 0 aromatic rings.